The van der Waals surface area contributed by atoms with Crippen LogP contribution in [0.4, 0.5) is 0 Å². The van der Waals surface area contributed by atoms with Gasteiger partial charge in [0.1, 0.15) is 6.10 Å². The molecule has 5 heteroatoms. The summed E-state index contributed by atoms with van der Waals surface area (Å²) in [6, 6.07) is 1.78. The lowest BCUT2D eigenvalue weighted by Gasteiger charge is -2.22. The van der Waals surface area contributed by atoms with Crippen LogP contribution in [0.5, 0.6) is 0 Å². The predicted molar refractivity (Wildman–Crippen MR) is 46.6 cm³/mol. The lowest BCUT2D eigenvalue weighted by molar-refractivity contribution is -0.0918. The molecule has 0 bridgehead atoms. The number of hydrogen-bond donors (Lipinski definition) is 0. The highest BCUT2D eigenvalue weighted by Crippen LogP contribution is 2.18. The Kier molecular flexibility index (Phi) is 2.73. The molecule has 1 aromatic rings. The van der Waals surface area contributed by atoms with E-state index < -0.39 is 0 Å². The van der Waals surface area contributed by atoms with Gasteiger partial charge in [-0.25, -0.2) is 9.97 Å². The quantitative estimate of drug-likeness (QED) is 0.640. The molecular formula is C8H9ClN2O2. The molecule has 1 aromatic heterocycles. The molecule has 1 saturated heterocycles. The Balaban J connectivity index is 2.14. The smallest absolute Gasteiger partial charge is 0.222 e. The Morgan fingerprint density at radius 1 is 1.46 bits per heavy atom. The molecule has 1 unspecified atom stereocenters. The minimum atomic E-state index is -0.103. The zero-order chi connectivity index (χ0) is 9.10. The topological polar surface area (TPSA) is 44.2 Å². The van der Waals surface area contributed by atoms with Gasteiger partial charge in [-0.05, 0) is 17.7 Å². The average molecular weight is 201 g/mol. The molecule has 0 aromatic carbocycles. The monoisotopic (exact) mass is 200 g/mol. The fourth-order valence-electron chi connectivity index (χ4n) is 1.19. The summed E-state index contributed by atoms with van der Waals surface area (Å²) < 4.78 is 10.7. The molecule has 0 N–H and O–H groups in total. The van der Waals surface area contributed by atoms with Gasteiger partial charge in [0.05, 0.1) is 25.5 Å². The van der Waals surface area contributed by atoms with Crippen LogP contribution in [-0.2, 0) is 9.47 Å². The van der Waals surface area contributed by atoms with Crippen LogP contribution in [0.15, 0.2) is 12.3 Å². The predicted octanol–water partition coefficient (Wildman–Crippen LogP) is 1.22. The van der Waals surface area contributed by atoms with Crippen molar-refractivity contribution in [2.45, 2.75) is 6.10 Å². The summed E-state index contributed by atoms with van der Waals surface area (Å²) in [4.78, 5) is 7.84. The molecule has 13 heavy (non-hydrogen) atoms. The van der Waals surface area contributed by atoms with Gasteiger partial charge in [-0.3, -0.25) is 0 Å². The van der Waals surface area contributed by atoms with E-state index in [4.69, 9.17) is 21.1 Å². The summed E-state index contributed by atoms with van der Waals surface area (Å²) in [5.74, 6) is 0. The van der Waals surface area contributed by atoms with Crippen LogP contribution < -0.4 is 0 Å². The second-order valence-corrected chi connectivity index (χ2v) is 3.02. The number of hydrogen-bond acceptors (Lipinski definition) is 4. The Labute approximate surface area is 80.9 Å². The highest BCUT2D eigenvalue weighted by molar-refractivity contribution is 6.28. The molecule has 0 spiro atoms. The van der Waals surface area contributed by atoms with Gasteiger partial charge in [0.25, 0.3) is 0 Å². The summed E-state index contributed by atoms with van der Waals surface area (Å²) >= 11 is 5.65. The maximum atomic E-state index is 5.65. The second kappa shape index (κ2) is 4.00. The van der Waals surface area contributed by atoms with Crippen LogP contribution in [0, 0.1) is 0 Å². The van der Waals surface area contributed by atoms with Gasteiger partial charge in [0, 0.05) is 6.20 Å². The SMILES string of the molecule is Clc1nccc(C2COCCO2)n1. The molecule has 0 amide bonds. The van der Waals surface area contributed by atoms with Crippen LogP contribution in [-0.4, -0.2) is 29.8 Å². The van der Waals surface area contributed by atoms with E-state index in [9.17, 15) is 0 Å². The molecule has 4 nitrogen and oxygen atoms in total. The summed E-state index contributed by atoms with van der Waals surface area (Å²) in [7, 11) is 0. The van der Waals surface area contributed by atoms with Crippen molar-refractivity contribution in [2.75, 3.05) is 19.8 Å². The van der Waals surface area contributed by atoms with Crippen LogP contribution in [0.1, 0.15) is 11.8 Å². The van der Waals surface area contributed by atoms with E-state index in [1.165, 1.54) is 0 Å². The Hall–Kier alpha value is -0.710. The summed E-state index contributed by atoms with van der Waals surface area (Å²) in [5.41, 5.74) is 0.778. The molecule has 0 aliphatic carbocycles. The maximum Gasteiger partial charge on any atom is 0.222 e. The normalized spacial score (nSPS) is 23.0. The molecule has 1 atom stereocenters. The molecule has 0 saturated carbocycles. The zero-order valence-electron chi connectivity index (χ0n) is 6.94. The van der Waals surface area contributed by atoms with E-state index in [1.807, 2.05) is 0 Å². The second-order valence-electron chi connectivity index (χ2n) is 2.68. The van der Waals surface area contributed by atoms with Crippen molar-refractivity contribution in [3.63, 3.8) is 0 Å². The Morgan fingerprint density at radius 2 is 2.38 bits per heavy atom. The average Bonchev–Trinajstić information content (AvgIpc) is 2.19. The molecule has 1 fully saturated rings. The number of halogens is 1. The van der Waals surface area contributed by atoms with Crippen molar-refractivity contribution in [1.82, 2.24) is 9.97 Å². The van der Waals surface area contributed by atoms with Crippen molar-refractivity contribution >= 4 is 11.6 Å². The van der Waals surface area contributed by atoms with Crippen molar-refractivity contribution in [2.24, 2.45) is 0 Å². The maximum absolute atomic E-state index is 5.65. The van der Waals surface area contributed by atoms with E-state index in [2.05, 4.69) is 9.97 Å². The number of aromatic nitrogens is 2. The van der Waals surface area contributed by atoms with E-state index >= 15 is 0 Å². The van der Waals surface area contributed by atoms with Gasteiger partial charge in [0.15, 0.2) is 0 Å². The van der Waals surface area contributed by atoms with Crippen molar-refractivity contribution in [3.8, 4) is 0 Å². The largest absolute Gasteiger partial charge is 0.376 e. The Bertz CT molecular complexity index is 289. The first-order valence-corrected chi connectivity index (χ1v) is 4.42. The van der Waals surface area contributed by atoms with E-state index in [1.54, 1.807) is 12.3 Å². The Morgan fingerprint density at radius 3 is 3.08 bits per heavy atom. The molecule has 70 valence electrons. The van der Waals surface area contributed by atoms with Crippen LogP contribution >= 0.6 is 11.6 Å². The third kappa shape index (κ3) is 2.15. The van der Waals surface area contributed by atoms with Gasteiger partial charge in [0.2, 0.25) is 5.28 Å². The van der Waals surface area contributed by atoms with Gasteiger partial charge in [-0.15, -0.1) is 0 Å². The van der Waals surface area contributed by atoms with Crippen molar-refractivity contribution in [1.29, 1.82) is 0 Å². The highest BCUT2D eigenvalue weighted by Gasteiger charge is 2.17. The molecule has 1 aliphatic rings. The van der Waals surface area contributed by atoms with Crippen LogP contribution in [0.25, 0.3) is 0 Å². The fraction of sp³-hybridized carbons (Fsp3) is 0.500. The standard InChI is InChI=1S/C8H9ClN2O2/c9-8-10-2-1-6(11-8)7-5-12-3-4-13-7/h1-2,7H,3-5H2. The summed E-state index contributed by atoms with van der Waals surface area (Å²) in [6.45, 7) is 1.79. The third-order valence-electron chi connectivity index (χ3n) is 1.79. The highest BCUT2D eigenvalue weighted by atomic mass is 35.5. The van der Waals surface area contributed by atoms with Crippen molar-refractivity contribution < 1.29 is 9.47 Å². The van der Waals surface area contributed by atoms with E-state index in [0.717, 1.165) is 5.69 Å². The number of nitrogens with zero attached hydrogens (tertiary/aromatic N) is 2. The first kappa shape index (κ1) is 8.87. The number of rotatable bonds is 1. The first-order valence-electron chi connectivity index (χ1n) is 4.04. The number of ether oxygens (including phenoxy) is 2. The molecule has 2 heterocycles. The summed E-state index contributed by atoms with van der Waals surface area (Å²) in [6.07, 6.45) is 1.51. The minimum absolute atomic E-state index is 0.103. The molecule has 1 aliphatic heterocycles. The van der Waals surface area contributed by atoms with Crippen LogP contribution in [0.2, 0.25) is 5.28 Å². The minimum Gasteiger partial charge on any atom is -0.376 e. The van der Waals surface area contributed by atoms with Crippen molar-refractivity contribution in [3.05, 3.63) is 23.2 Å². The molecule has 0 radical (unpaired) electrons. The summed E-state index contributed by atoms with van der Waals surface area (Å²) in [5, 5.41) is 0.242. The lowest BCUT2D eigenvalue weighted by Crippen LogP contribution is -2.22. The van der Waals surface area contributed by atoms with E-state index in [-0.39, 0.29) is 11.4 Å². The fourth-order valence-corrected chi connectivity index (χ4v) is 1.34. The third-order valence-corrected chi connectivity index (χ3v) is 1.98. The van der Waals surface area contributed by atoms with Gasteiger partial charge >= 0.3 is 0 Å². The van der Waals surface area contributed by atoms with E-state index in [0.29, 0.717) is 19.8 Å². The molecule has 2 rings (SSSR count). The van der Waals surface area contributed by atoms with Gasteiger partial charge in [-0.1, -0.05) is 0 Å². The zero-order valence-corrected chi connectivity index (χ0v) is 7.70. The van der Waals surface area contributed by atoms with Crippen LogP contribution in [0.3, 0.4) is 0 Å². The molecular weight excluding hydrogens is 192 g/mol. The lowest BCUT2D eigenvalue weighted by atomic mass is 10.2. The van der Waals surface area contributed by atoms with Gasteiger partial charge < -0.3 is 9.47 Å². The van der Waals surface area contributed by atoms with Gasteiger partial charge in [-0.2, -0.15) is 0 Å². The first-order chi connectivity index (χ1) is 6.36.